The maximum atomic E-state index is 4.94. The zero-order valence-electron chi connectivity index (χ0n) is 15.7. The van der Waals surface area contributed by atoms with Crippen LogP contribution in [0.25, 0.3) is 27.8 Å². The number of piperidine rings is 1. The standard InChI is InChI=1S/C22H23N5/c1-14-12-27-13-21(25-15(2)22(27)24-14)18-4-6-20-17(11-18)3-5-19(26-20)16-7-9-23-10-8-16/h3-6,11-13,16,23H,7-10H2,1-2H3. The number of hydrogen-bond acceptors (Lipinski definition) is 4. The highest BCUT2D eigenvalue weighted by atomic mass is 15.0. The van der Waals surface area contributed by atoms with E-state index in [1.165, 1.54) is 18.5 Å². The van der Waals surface area contributed by atoms with Crippen molar-refractivity contribution in [2.24, 2.45) is 0 Å². The van der Waals surface area contributed by atoms with Crippen LogP contribution in [0.4, 0.5) is 0 Å². The number of nitrogens with one attached hydrogen (secondary N) is 1. The van der Waals surface area contributed by atoms with Crippen molar-refractivity contribution in [3.63, 3.8) is 0 Å². The maximum Gasteiger partial charge on any atom is 0.158 e. The summed E-state index contributed by atoms with van der Waals surface area (Å²) in [6, 6.07) is 10.8. The van der Waals surface area contributed by atoms with Gasteiger partial charge < -0.3 is 9.72 Å². The highest BCUT2D eigenvalue weighted by Crippen LogP contribution is 2.28. The van der Waals surface area contributed by atoms with Crippen molar-refractivity contribution >= 4 is 16.6 Å². The number of aromatic nitrogens is 4. The minimum Gasteiger partial charge on any atom is -0.317 e. The quantitative estimate of drug-likeness (QED) is 0.588. The Morgan fingerprint density at radius 2 is 1.81 bits per heavy atom. The highest BCUT2D eigenvalue weighted by molar-refractivity contribution is 5.84. The van der Waals surface area contributed by atoms with Gasteiger partial charge in [-0.3, -0.25) is 4.98 Å². The molecule has 1 aliphatic rings. The van der Waals surface area contributed by atoms with E-state index in [2.05, 4.69) is 51.2 Å². The summed E-state index contributed by atoms with van der Waals surface area (Å²) < 4.78 is 2.07. The zero-order valence-corrected chi connectivity index (χ0v) is 15.7. The number of nitrogens with zero attached hydrogens (tertiary/aromatic N) is 4. The molecule has 0 spiro atoms. The van der Waals surface area contributed by atoms with Crippen molar-refractivity contribution in [3.05, 3.63) is 59.8 Å². The summed E-state index contributed by atoms with van der Waals surface area (Å²) in [5, 5.41) is 4.58. The number of hydrogen-bond donors (Lipinski definition) is 1. The van der Waals surface area contributed by atoms with Crippen molar-refractivity contribution in [3.8, 4) is 11.3 Å². The summed E-state index contributed by atoms with van der Waals surface area (Å²) in [6.07, 6.45) is 6.44. The van der Waals surface area contributed by atoms with E-state index < -0.39 is 0 Å². The first-order chi connectivity index (χ1) is 13.2. The molecule has 3 aromatic heterocycles. The van der Waals surface area contributed by atoms with E-state index in [1.54, 1.807) is 0 Å². The lowest BCUT2D eigenvalue weighted by Gasteiger charge is -2.22. The van der Waals surface area contributed by atoms with E-state index in [1.807, 2.05) is 20.0 Å². The summed E-state index contributed by atoms with van der Waals surface area (Å²) >= 11 is 0. The first-order valence-corrected chi connectivity index (χ1v) is 9.62. The molecule has 1 fully saturated rings. The van der Waals surface area contributed by atoms with E-state index in [4.69, 9.17) is 9.97 Å². The maximum absolute atomic E-state index is 4.94. The molecule has 1 saturated heterocycles. The molecular weight excluding hydrogens is 334 g/mol. The minimum atomic E-state index is 0.575. The van der Waals surface area contributed by atoms with Crippen molar-refractivity contribution in [1.29, 1.82) is 0 Å². The van der Waals surface area contributed by atoms with Crippen LogP contribution in [0.1, 0.15) is 35.8 Å². The molecule has 0 radical (unpaired) electrons. The smallest absolute Gasteiger partial charge is 0.158 e. The Morgan fingerprint density at radius 1 is 0.963 bits per heavy atom. The van der Waals surface area contributed by atoms with Gasteiger partial charge in [-0.05, 0) is 58.0 Å². The van der Waals surface area contributed by atoms with E-state index in [-0.39, 0.29) is 0 Å². The molecule has 1 aliphatic heterocycles. The molecule has 0 bridgehead atoms. The monoisotopic (exact) mass is 357 g/mol. The van der Waals surface area contributed by atoms with Gasteiger partial charge in [-0.1, -0.05) is 12.1 Å². The number of imidazole rings is 1. The van der Waals surface area contributed by atoms with Crippen LogP contribution in [0.2, 0.25) is 0 Å². The first kappa shape index (κ1) is 16.4. The van der Waals surface area contributed by atoms with Gasteiger partial charge in [0.25, 0.3) is 0 Å². The van der Waals surface area contributed by atoms with Crippen molar-refractivity contribution in [2.75, 3.05) is 13.1 Å². The lowest BCUT2D eigenvalue weighted by atomic mass is 9.93. The van der Waals surface area contributed by atoms with Crippen LogP contribution in [0.3, 0.4) is 0 Å². The van der Waals surface area contributed by atoms with Gasteiger partial charge in [-0.25, -0.2) is 9.97 Å². The van der Waals surface area contributed by atoms with Gasteiger partial charge in [0, 0.05) is 35.0 Å². The van der Waals surface area contributed by atoms with Crippen molar-refractivity contribution in [1.82, 2.24) is 24.7 Å². The highest BCUT2D eigenvalue weighted by Gasteiger charge is 2.17. The van der Waals surface area contributed by atoms with E-state index >= 15 is 0 Å². The molecule has 0 aliphatic carbocycles. The fourth-order valence-corrected chi connectivity index (χ4v) is 4.06. The third-order valence-corrected chi connectivity index (χ3v) is 5.49. The molecule has 136 valence electrons. The molecule has 0 saturated carbocycles. The summed E-state index contributed by atoms with van der Waals surface area (Å²) in [6.45, 7) is 6.20. The lowest BCUT2D eigenvalue weighted by Crippen LogP contribution is -2.27. The Bertz CT molecular complexity index is 1140. The Hall–Kier alpha value is -2.79. The van der Waals surface area contributed by atoms with Gasteiger partial charge in [0.05, 0.1) is 22.6 Å². The second-order valence-electron chi connectivity index (χ2n) is 7.49. The molecule has 4 aromatic rings. The molecule has 5 heteroatoms. The fraction of sp³-hybridized carbons (Fsp3) is 0.318. The topological polar surface area (TPSA) is 55.1 Å². The van der Waals surface area contributed by atoms with Gasteiger partial charge in [-0.15, -0.1) is 0 Å². The normalized spacial score (nSPS) is 15.6. The average Bonchev–Trinajstić information content (AvgIpc) is 3.09. The Balaban J connectivity index is 1.54. The predicted molar refractivity (Wildman–Crippen MR) is 108 cm³/mol. The summed E-state index contributed by atoms with van der Waals surface area (Å²) in [4.78, 5) is 14.3. The van der Waals surface area contributed by atoms with Crippen molar-refractivity contribution in [2.45, 2.75) is 32.6 Å². The van der Waals surface area contributed by atoms with Crippen LogP contribution in [-0.4, -0.2) is 32.4 Å². The second-order valence-corrected chi connectivity index (χ2v) is 7.49. The summed E-state index contributed by atoms with van der Waals surface area (Å²) in [5.41, 5.74) is 7.22. The Labute approximate surface area is 158 Å². The molecule has 5 rings (SSSR count). The van der Waals surface area contributed by atoms with Crippen molar-refractivity contribution < 1.29 is 0 Å². The van der Waals surface area contributed by atoms with Crippen LogP contribution in [-0.2, 0) is 0 Å². The van der Waals surface area contributed by atoms with Gasteiger partial charge in [0.15, 0.2) is 5.65 Å². The predicted octanol–water partition coefficient (Wildman–Crippen LogP) is 4.03. The third kappa shape index (κ3) is 2.98. The summed E-state index contributed by atoms with van der Waals surface area (Å²) in [5.74, 6) is 0.575. The largest absolute Gasteiger partial charge is 0.317 e. The average molecular weight is 357 g/mol. The van der Waals surface area contributed by atoms with Gasteiger partial charge >= 0.3 is 0 Å². The molecule has 27 heavy (non-hydrogen) atoms. The number of aryl methyl sites for hydroxylation is 2. The third-order valence-electron chi connectivity index (χ3n) is 5.49. The van der Waals surface area contributed by atoms with E-state index in [0.29, 0.717) is 5.92 Å². The molecule has 4 heterocycles. The molecular formula is C22H23N5. The molecule has 5 nitrogen and oxygen atoms in total. The lowest BCUT2D eigenvalue weighted by molar-refractivity contribution is 0.454. The second kappa shape index (κ2) is 6.43. The SMILES string of the molecule is Cc1cn2cc(-c3ccc4nc(C5CCNCC5)ccc4c3)nc(C)c2n1. The molecule has 0 amide bonds. The minimum absolute atomic E-state index is 0.575. The van der Waals surface area contributed by atoms with Crippen LogP contribution in [0, 0.1) is 13.8 Å². The number of fused-ring (bicyclic) bond motifs is 2. The Kier molecular flexibility index (Phi) is 3.90. The number of benzene rings is 1. The zero-order chi connectivity index (χ0) is 18.4. The van der Waals surface area contributed by atoms with Crippen LogP contribution in [0.5, 0.6) is 0 Å². The van der Waals surface area contributed by atoms with Gasteiger partial charge in [0.2, 0.25) is 0 Å². The molecule has 1 aromatic carbocycles. The molecule has 0 atom stereocenters. The van der Waals surface area contributed by atoms with E-state index in [0.717, 1.165) is 52.3 Å². The van der Waals surface area contributed by atoms with Gasteiger partial charge in [-0.2, -0.15) is 0 Å². The van der Waals surface area contributed by atoms with Crippen LogP contribution < -0.4 is 5.32 Å². The molecule has 0 unspecified atom stereocenters. The van der Waals surface area contributed by atoms with Crippen LogP contribution >= 0.6 is 0 Å². The first-order valence-electron chi connectivity index (χ1n) is 9.62. The summed E-state index contributed by atoms with van der Waals surface area (Å²) in [7, 11) is 0. The Morgan fingerprint density at radius 3 is 2.67 bits per heavy atom. The number of pyridine rings is 1. The van der Waals surface area contributed by atoms with Gasteiger partial charge in [0.1, 0.15) is 0 Å². The number of rotatable bonds is 2. The van der Waals surface area contributed by atoms with Crippen LogP contribution in [0.15, 0.2) is 42.7 Å². The molecule has 1 N–H and O–H groups in total. The van der Waals surface area contributed by atoms with E-state index in [9.17, 15) is 0 Å². The fourth-order valence-electron chi connectivity index (χ4n) is 4.06.